The van der Waals surface area contributed by atoms with Crippen LogP contribution in [0.4, 0.5) is 5.69 Å². The highest BCUT2D eigenvalue weighted by atomic mass is 16.5. The zero-order valence-corrected chi connectivity index (χ0v) is 9.73. The van der Waals surface area contributed by atoms with Crippen molar-refractivity contribution in [2.75, 3.05) is 25.6 Å². The van der Waals surface area contributed by atoms with Crippen molar-refractivity contribution < 1.29 is 14.3 Å². The average molecular weight is 236 g/mol. The number of hydrogen-bond acceptors (Lipinski definition) is 4. The summed E-state index contributed by atoms with van der Waals surface area (Å²) in [5, 5.41) is 2.78. The molecule has 1 aliphatic rings. The van der Waals surface area contributed by atoms with Gasteiger partial charge in [-0.05, 0) is 18.6 Å². The maximum absolute atomic E-state index is 12.0. The minimum absolute atomic E-state index is 0.219. The molecule has 5 nitrogen and oxygen atoms in total. The van der Waals surface area contributed by atoms with E-state index in [1.807, 2.05) is 12.1 Å². The lowest BCUT2D eigenvalue weighted by molar-refractivity contribution is -0.121. The Morgan fingerprint density at radius 3 is 3.06 bits per heavy atom. The van der Waals surface area contributed by atoms with E-state index >= 15 is 0 Å². The van der Waals surface area contributed by atoms with Crippen LogP contribution in [0.3, 0.4) is 0 Å². The molecule has 0 radical (unpaired) electrons. The summed E-state index contributed by atoms with van der Waals surface area (Å²) in [6.45, 7) is 0.796. The fourth-order valence-corrected chi connectivity index (χ4v) is 1.72. The van der Waals surface area contributed by atoms with E-state index in [1.54, 1.807) is 19.2 Å². The van der Waals surface area contributed by atoms with E-state index < -0.39 is 5.54 Å². The van der Waals surface area contributed by atoms with Gasteiger partial charge < -0.3 is 20.5 Å². The van der Waals surface area contributed by atoms with Crippen LogP contribution in [0.15, 0.2) is 24.3 Å². The number of amides is 1. The Kier molecular flexibility index (Phi) is 3.31. The van der Waals surface area contributed by atoms with Crippen molar-refractivity contribution in [1.82, 2.24) is 0 Å². The summed E-state index contributed by atoms with van der Waals surface area (Å²) in [5.41, 5.74) is 5.71. The molecule has 1 heterocycles. The molecule has 1 saturated heterocycles. The Hall–Kier alpha value is -1.59. The summed E-state index contributed by atoms with van der Waals surface area (Å²) in [4.78, 5) is 12.0. The van der Waals surface area contributed by atoms with Gasteiger partial charge in [-0.15, -0.1) is 0 Å². The van der Waals surface area contributed by atoms with Gasteiger partial charge in [0.15, 0.2) is 0 Å². The number of carbonyl (C=O) groups is 1. The number of ether oxygens (including phenoxy) is 2. The Morgan fingerprint density at radius 2 is 2.41 bits per heavy atom. The maximum atomic E-state index is 12.0. The van der Waals surface area contributed by atoms with Crippen molar-refractivity contribution in [3.63, 3.8) is 0 Å². The van der Waals surface area contributed by atoms with E-state index in [0.29, 0.717) is 24.5 Å². The standard InChI is InChI=1S/C12H16N2O3/c1-16-10-4-2-3-9(7-10)14-11(15)12(13)5-6-17-8-12/h2-4,7H,5-6,8,13H2,1H3,(H,14,15). The van der Waals surface area contributed by atoms with Gasteiger partial charge in [0.05, 0.1) is 13.7 Å². The van der Waals surface area contributed by atoms with Crippen LogP contribution < -0.4 is 15.8 Å². The molecule has 0 spiro atoms. The summed E-state index contributed by atoms with van der Waals surface area (Å²) in [6, 6.07) is 7.16. The molecule has 1 aromatic rings. The fourth-order valence-electron chi connectivity index (χ4n) is 1.72. The predicted molar refractivity (Wildman–Crippen MR) is 64.0 cm³/mol. The third kappa shape index (κ3) is 2.57. The normalized spacial score (nSPS) is 23.4. The molecule has 0 aliphatic carbocycles. The van der Waals surface area contributed by atoms with E-state index in [0.717, 1.165) is 0 Å². The fraction of sp³-hybridized carbons (Fsp3) is 0.417. The van der Waals surface area contributed by atoms with Crippen molar-refractivity contribution in [1.29, 1.82) is 0 Å². The predicted octanol–water partition coefficient (Wildman–Crippen LogP) is 0.751. The molecule has 0 saturated carbocycles. The monoisotopic (exact) mass is 236 g/mol. The highest BCUT2D eigenvalue weighted by Gasteiger charge is 2.38. The molecule has 92 valence electrons. The lowest BCUT2D eigenvalue weighted by atomic mass is 9.99. The van der Waals surface area contributed by atoms with E-state index in [9.17, 15) is 4.79 Å². The van der Waals surface area contributed by atoms with Gasteiger partial charge >= 0.3 is 0 Å². The quantitative estimate of drug-likeness (QED) is 0.812. The Labute approximate surface area is 99.9 Å². The van der Waals surface area contributed by atoms with Crippen LogP contribution in [-0.2, 0) is 9.53 Å². The van der Waals surface area contributed by atoms with Gasteiger partial charge in [0, 0.05) is 18.4 Å². The van der Waals surface area contributed by atoms with Gasteiger partial charge in [-0.1, -0.05) is 6.07 Å². The first kappa shape index (κ1) is 11.9. The van der Waals surface area contributed by atoms with Crippen molar-refractivity contribution in [2.45, 2.75) is 12.0 Å². The second kappa shape index (κ2) is 4.73. The van der Waals surface area contributed by atoms with Crippen molar-refractivity contribution in [3.05, 3.63) is 24.3 Å². The molecule has 5 heteroatoms. The summed E-state index contributed by atoms with van der Waals surface area (Å²) < 4.78 is 10.2. The molecule has 1 fully saturated rings. The number of hydrogen-bond donors (Lipinski definition) is 2. The van der Waals surface area contributed by atoms with Gasteiger partial charge in [0.2, 0.25) is 5.91 Å². The van der Waals surface area contributed by atoms with Crippen molar-refractivity contribution in [3.8, 4) is 5.75 Å². The summed E-state index contributed by atoms with van der Waals surface area (Å²) >= 11 is 0. The number of methoxy groups -OCH3 is 1. The molecule has 1 aromatic carbocycles. The van der Waals surface area contributed by atoms with E-state index in [1.165, 1.54) is 0 Å². The molecule has 0 bridgehead atoms. The first-order chi connectivity index (χ1) is 8.14. The lowest BCUT2D eigenvalue weighted by Crippen LogP contribution is -2.51. The third-order valence-corrected chi connectivity index (χ3v) is 2.83. The minimum atomic E-state index is -0.914. The molecule has 2 rings (SSSR count). The number of benzene rings is 1. The van der Waals surface area contributed by atoms with Crippen LogP contribution in [0.2, 0.25) is 0 Å². The van der Waals surface area contributed by atoms with Gasteiger partial charge in [0.25, 0.3) is 0 Å². The number of nitrogens with one attached hydrogen (secondary N) is 1. The maximum Gasteiger partial charge on any atom is 0.246 e. The molecule has 3 N–H and O–H groups in total. The summed E-state index contributed by atoms with van der Waals surface area (Å²) in [7, 11) is 1.58. The van der Waals surface area contributed by atoms with E-state index in [2.05, 4.69) is 5.32 Å². The molecular formula is C12H16N2O3. The highest BCUT2D eigenvalue weighted by molar-refractivity contribution is 5.98. The summed E-state index contributed by atoms with van der Waals surface area (Å²) in [6.07, 6.45) is 0.544. The largest absolute Gasteiger partial charge is 0.497 e. The van der Waals surface area contributed by atoms with Crippen molar-refractivity contribution in [2.24, 2.45) is 5.73 Å². The van der Waals surface area contributed by atoms with Gasteiger partial charge in [-0.2, -0.15) is 0 Å². The Balaban J connectivity index is 2.07. The molecular weight excluding hydrogens is 220 g/mol. The molecule has 1 aliphatic heterocycles. The van der Waals surface area contributed by atoms with Crippen LogP contribution in [-0.4, -0.2) is 31.8 Å². The summed E-state index contributed by atoms with van der Waals surface area (Å²) in [5.74, 6) is 0.472. The van der Waals surface area contributed by atoms with Crippen LogP contribution >= 0.6 is 0 Å². The smallest absolute Gasteiger partial charge is 0.246 e. The second-order valence-corrected chi connectivity index (χ2v) is 4.14. The molecule has 17 heavy (non-hydrogen) atoms. The zero-order chi connectivity index (χ0) is 12.3. The van der Waals surface area contributed by atoms with Crippen LogP contribution in [0.25, 0.3) is 0 Å². The van der Waals surface area contributed by atoms with Gasteiger partial charge in [-0.25, -0.2) is 0 Å². The van der Waals surface area contributed by atoms with Crippen LogP contribution in [0.5, 0.6) is 5.75 Å². The topological polar surface area (TPSA) is 73.6 Å². The number of anilines is 1. The Morgan fingerprint density at radius 1 is 1.59 bits per heavy atom. The van der Waals surface area contributed by atoms with E-state index in [4.69, 9.17) is 15.2 Å². The lowest BCUT2D eigenvalue weighted by Gasteiger charge is -2.20. The average Bonchev–Trinajstić information content (AvgIpc) is 2.78. The van der Waals surface area contributed by atoms with Gasteiger partial charge in [-0.3, -0.25) is 4.79 Å². The first-order valence-electron chi connectivity index (χ1n) is 5.46. The number of nitrogens with two attached hydrogens (primary N) is 1. The van der Waals surface area contributed by atoms with Crippen molar-refractivity contribution >= 4 is 11.6 Å². The molecule has 0 aromatic heterocycles. The van der Waals surface area contributed by atoms with Crippen LogP contribution in [0, 0.1) is 0 Å². The zero-order valence-electron chi connectivity index (χ0n) is 9.73. The first-order valence-corrected chi connectivity index (χ1v) is 5.46. The van der Waals surface area contributed by atoms with E-state index in [-0.39, 0.29) is 12.5 Å². The number of rotatable bonds is 3. The van der Waals surface area contributed by atoms with Crippen LogP contribution in [0.1, 0.15) is 6.42 Å². The minimum Gasteiger partial charge on any atom is -0.497 e. The third-order valence-electron chi connectivity index (χ3n) is 2.83. The highest BCUT2D eigenvalue weighted by Crippen LogP contribution is 2.21. The Bertz CT molecular complexity index is 414. The molecule has 1 amide bonds. The molecule has 1 unspecified atom stereocenters. The second-order valence-electron chi connectivity index (χ2n) is 4.14. The SMILES string of the molecule is COc1cccc(NC(=O)C2(N)CCOC2)c1. The molecule has 1 atom stereocenters. The number of carbonyl (C=O) groups excluding carboxylic acids is 1. The van der Waals surface area contributed by atoms with Gasteiger partial charge in [0.1, 0.15) is 11.3 Å².